The maximum Gasteiger partial charge on any atom is 0.0701 e. The standard InChI is InChI=1S/C40H81ClO11/c1-2-3-4-5-6-7-8-9-10-11-12-13-14-15-16-17-19-42-21-23-44-25-27-46-29-31-48-33-35-50-37-39-52-40-38-51-36-34-49-32-30-47-28-26-45-24-22-43-20-18-41/h2-40H2,1H3. The van der Waals surface area contributed by atoms with E-state index in [-0.39, 0.29) is 0 Å². The van der Waals surface area contributed by atoms with Crippen molar-refractivity contribution in [3.05, 3.63) is 0 Å². The van der Waals surface area contributed by atoms with Gasteiger partial charge in [0.05, 0.1) is 139 Å². The fraction of sp³-hybridized carbons (Fsp3) is 1.00. The Hall–Kier alpha value is -0.150. The molecule has 52 heavy (non-hydrogen) atoms. The molecule has 0 amide bonds. The van der Waals surface area contributed by atoms with Crippen LogP contribution in [0.25, 0.3) is 0 Å². The van der Waals surface area contributed by atoms with Crippen molar-refractivity contribution in [3.8, 4) is 0 Å². The number of rotatable bonds is 49. The van der Waals surface area contributed by atoms with Crippen LogP contribution in [0.1, 0.15) is 110 Å². The molecule has 11 nitrogen and oxygen atoms in total. The van der Waals surface area contributed by atoms with Crippen LogP contribution in [0.15, 0.2) is 0 Å². The van der Waals surface area contributed by atoms with Gasteiger partial charge in [0, 0.05) is 12.5 Å². The van der Waals surface area contributed by atoms with Gasteiger partial charge in [-0.15, -0.1) is 11.6 Å². The van der Waals surface area contributed by atoms with Crippen LogP contribution >= 0.6 is 11.6 Å². The van der Waals surface area contributed by atoms with Crippen LogP contribution in [-0.2, 0) is 52.1 Å². The summed E-state index contributed by atoms with van der Waals surface area (Å²) in [6.07, 6.45) is 22.2. The Morgan fingerprint density at radius 3 is 0.596 bits per heavy atom. The summed E-state index contributed by atoms with van der Waals surface area (Å²) in [4.78, 5) is 0. The second kappa shape index (κ2) is 50.9. The zero-order valence-electron chi connectivity index (χ0n) is 33.4. The lowest BCUT2D eigenvalue weighted by molar-refractivity contribution is -0.0274. The molecule has 0 bridgehead atoms. The van der Waals surface area contributed by atoms with E-state index in [1.165, 1.54) is 96.3 Å². The average molecular weight is 774 g/mol. The minimum atomic E-state index is 0.501. The number of ether oxygens (including phenoxy) is 11. The molecule has 0 aromatic heterocycles. The lowest BCUT2D eigenvalue weighted by Gasteiger charge is -2.09. The van der Waals surface area contributed by atoms with E-state index in [1.54, 1.807) is 0 Å². The van der Waals surface area contributed by atoms with E-state index in [0.717, 1.165) is 13.0 Å². The number of alkyl halides is 1. The van der Waals surface area contributed by atoms with Gasteiger partial charge < -0.3 is 52.1 Å². The number of unbranched alkanes of at least 4 members (excludes halogenated alkanes) is 15. The molecule has 0 heterocycles. The summed E-state index contributed by atoms with van der Waals surface area (Å²) in [5.41, 5.74) is 0. The molecule has 0 rings (SSSR count). The topological polar surface area (TPSA) is 102 Å². The van der Waals surface area contributed by atoms with E-state index >= 15 is 0 Å². The summed E-state index contributed by atoms with van der Waals surface area (Å²) in [6.45, 7) is 14.6. The van der Waals surface area contributed by atoms with Crippen LogP contribution in [0.3, 0.4) is 0 Å². The fourth-order valence-electron chi connectivity index (χ4n) is 5.11. The molecule has 0 atom stereocenters. The Labute approximate surface area is 324 Å². The van der Waals surface area contributed by atoms with E-state index < -0.39 is 0 Å². The molecule has 0 unspecified atom stereocenters. The third kappa shape index (κ3) is 49.9. The van der Waals surface area contributed by atoms with Crippen LogP contribution in [0.2, 0.25) is 0 Å². The van der Waals surface area contributed by atoms with Gasteiger partial charge in [0.15, 0.2) is 0 Å². The SMILES string of the molecule is CCCCCCCCCCCCCCCCCCOCCOCCOCCOCCOCCOCCOCCOCCOCCOCCOCCCl. The van der Waals surface area contributed by atoms with Crippen molar-refractivity contribution in [3.63, 3.8) is 0 Å². The van der Waals surface area contributed by atoms with Gasteiger partial charge in [0.2, 0.25) is 0 Å². The smallest absolute Gasteiger partial charge is 0.0701 e. The molecule has 0 spiro atoms. The van der Waals surface area contributed by atoms with Crippen molar-refractivity contribution in [2.45, 2.75) is 110 Å². The highest BCUT2D eigenvalue weighted by atomic mass is 35.5. The molecule has 0 aliphatic carbocycles. The van der Waals surface area contributed by atoms with Gasteiger partial charge in [-0.2, -0.15) is 0 Å². The quantitative estimate of drug-likeness (QED) is 0.0450. The molecule has 0 fully saturated rings. The van der Waals surface area contributed by atoms with Gasteiger partial charge in [-0.25, -0.2) is 0 Å². The molecule has 0 aromatic carbocycles. The van der Waals surface area contributed by atoms with E-state index in [0.29, 0.717) is 145 Å². The molecular weight excluding hydrogens is 692 g/mol. The summed E-state index contributed by atoms with van der Waals surface area (Å²) >= 11 is 5.52. The Morgan fingerprint density at radius 1 is 0.212 bits per heavy atom. The molecule has 0 aliphatic heterocycles. The third-order valence-corrected chi connectivity index (χ3v) is 8.24. The molecule has 0 aliphatic rings. The van der Waals surface area contributed by atoms with Crippen molar-refractivity contribution < 1.29 is 52.1 Å². The number of halogens is 1. The molecule has 314 valence electrons. The maximum absolute atomic E-state index is 5.69. The summed E-state index contributed by atoms with van der Waals surface area (Å²) in [6, 6.07) is 0. The lowest BCUT2D eigenvalue weighted by atomic mass is 10.0. The zero-order valence-corrected chi connectivity index (χ0v) is 34.2. The van der Waals surface area contributed by atoms with Gasteiger partial charge in [-0.05, 0) is 6.42 Å². The summed E-state index contributed by atoms with van der Waals surface area (Å²) < 4.78 is 60.3. The Bertz CT molecular complexity index is 560. The monoisotopic (exact) mass is 773 g/mol. The molecule has 0 saturated heterocycles. The largest absolute Gasteiger partial charge is 0.379 e. The van der Waals surface area contributed by atoms with Gasteiger partial charge in [-0.3, -0.25) is 0 Å². The van der Waals surface area contributed by atoms with Crippen LogP contribution < -0.4 is 0 Å². The number of hydrogen-bond donors (Lipinski definition) is 0. The first kappa shape index (κ1) is 51.9. The predicted molar refractivity (Wildman–Crippen MR) is 209 cm³/mol. The van der Waals surface area contributed by atoms with Gasteiger partial charge in [0.25, 0.3) is 0 Å². The highest BCUT2D eigenvalue weighted by Crippen LogP contribution is 2.13. The Morgan fingerprint density at radius 2 is 0.385 bits per heavy atom. The maximum atomic E-state index is 5.69. The zero-order chi connectivity index (χ0) is 37.4. The van der Waals surface area contributed by atoms with Gasteiger partial charge in [0.1, 0.15) is 0 Å². The summed E-state index contributed by atoms with van der Waals surface area (Å²) in [7, 11) is 0. The van der Waals surface area contributed by atoms with Crippen molar-refractivity contribution in [2.75, 3.05) is 151 Å². The van der Waals surface area contributed by atoms with Crippen LogP contribution in [-0.4, -0.2) is 151 Å². The predicted octanol–water partition coefficient (Wildman–Crippen LogP) is 7.67. The van der Waals surface area contributed by atoms with Crippen molar-refractivity contribution in [1.29, 1.82) is 0 Å². The lowest BCUT2D eigenvalue weighted by Crippen LogP contribution is -2.15. The Kier molecular flexibility index (Phi) is 50.7. The second-order valence-corrected chi connectivity index (χ2v) is 13.1. The van der Waals surface area contributed by atoms with E-state index in [9.17, 15) is 0 Å². The molecule has 0 radical (unpaired) electrons. The van der Waals surface area contributed by atoms with Crippen molar-refractivity contribution in [2.24, 2.45) is 0 Å². The first-order valence-corrected chi connectivity index (χ1v) is 21.4. The first-order chi connectivity index (χ1) is 25.9. The molecule has 0 saturated carbocycles. The normalized spacial score (nSPS) is 11.7. The van der Waals surface area contributed by atoms with Crippen molar-refractivity contribution >= 4 is 11.6 Å². The van der Waals surface area contributed by atoms with Crippen molar-refractivity contribution in [1.82, 2.24) is 0 Å². The Balaban J connectivity index is 3.04. The first-order valence-electron chi connectivity index (χ1n) is 20.8. The summed E-state index contributed by atoms with van der Waals surface area (Å²) in [5, 5.41) is 0. The average Bonchev–Trinajstić information content (AvgIpc) is 3.16. The molecule has 12 heteroatoms. The minimum absolute atomic E-state index is 0.501. The van der Waals surface area contributed by atoms with Gasteiger partial charge in [-0.1, -0.05) is 103 Å². The second-order valence-electron chi connectivity index (χ2n) is 12.7. The van der Waals surface area contributed by atoms with Gasteiger partial charge >= 0.3 is 0 Å². The van der Waals surface area contributed by atoms with Crippen LogP contribution in [0.5, 0.6) is 0 Å². The highest BCUT2D eigenvalue weighted by molar-refractivity contribution is 6.17. The molecular formula is C40H81ClO11. The van der Waals surface area contributed by atoms with Crippen LogP contribution in [0.4, 0.5) is 0 Å². The summed E-state index contributed by atoms with van der Waals surface area (Å²) in [5.74, 6) is 0.501. The number of hydrogen-bond acceptors (Lipinski definition) is 11. The molecule has 0 N–H and O–H groups in total. The van der Waals surface area contributed by atoms with E-state index in [1.807, 2.05) is 0 Å². The van der Waals surface area contributed by atoms with E-state index in [2.05, 4.69) is 6.92 Å². The van der Waals surface area contributed by atoms with Crippen LogP contribution in [0, 0.1) is 0 Å². The third-order valence-electron chi connectivity index (χ3n) is 8.08. The highest BCUT2D eigenvalue weighted by Gasteiger charge is 1.98. The fourth-order valence-corrected chi connectivity index (χ4v) is 5.22. The van der Waals surface area contributed by atoms with E-state index in [4.69, 9.17) is 63.7 Å². The minimum Gasteiger partial charge on any atom is -0.379 e. The molecule has 0 aromatic rings.